The molecule has 0 unspecified atom stereocenters. The fraction of sp³-hybridized carbons (Fsp3) is 0.296. The second-order valence-corrected chi connectivity index (χ2v) is 11.8. The molecule has 0 aliphatic carbocycles. The number of anilines is 2. The first-order valence-corrected chi connectivity index (χ1v) is 14.0. The summed E-state index contributed by atoms with van der Waals surface area (Å²) in [4.78, 5) is 16.6. The van der Waals surface area contributed by atoms with Gasteiger partial charge in [0.25, 0.3) is 0 Å². The van der Waals surface area contributed by atoms with Crippen LogP contribution in [0.25, 0.3) is 0 Å². The molecular formula is C27H28ClN3O5S. The Morgan fingerprint density at radius 2 is 1.84 bits per heavy atom. The molecule has 0 bridgehead atoms. The van der Waals surface area contributed by atoms with Crippen molar-refractivity contribution in [2.75, 3.05) is 43.9 Å². The minimum absolute atomic E-state index is 0.0446. The van der Waals surface area contributed by atoms with E-state index in [1.165, 1.54) is 18.7 Å². The van der Waals surface area contributed by atoms with Gasteiger partial charge in [0.15, 0.2) is 9.84 Å². The van der Waals surface area contributed by atoms with E-state index in [0.717, 1.165) is 44.1 Å². The van der Waals surface area contributed by atoms with Crippen LogP contribution in [-0.2, 0) is 26.9 Å². The highest BCUT2D eigenvalue weighted by Gasteiger charge is 2.32. The first-order chi connectivity index (χ1) is 17.6. The lowest BCUT2D eigenvalue weighted by atomic mass is 10.1. The molecule has 0 atom stereocenters. The van der Waals surface area contributed by atoms with Gasteiger partial charge < -0.3 is 20.1 Å². The Morgan fingerprint density at radius 3 is 2.54 bits per heavy atom. The molecule has 1 fully saturated rings. The van der Waals surface area contributed by atoms with Gasteiger partial charge in [-0.05, 0) is 54.4 Å². The minimum Gasteiger partial charge on any atom is -0.465 e. The van der Waals surface area contributed by atoms with E-state index in [2.05, 4.69) is 15.9 Å². The Balaban J connectivity index is 1.39. The van der Waals surface area contributed by atoms with Gasteiger partial charge in [-0.2, -0.15) is 0 Å². The first-order valence-electron chi connectivity index (χ1n) is 11.9. The largest absolute Gasteiger partial charge is 0.465 e. The number of hydrogen-bond acceptors (Lipinski definition) is 8. The van der Waals surface area contributed by atoms with Crippen LogP contribution in [0, 0.1) is 6.92 Å². The van der Waals surface area contributed by atoms with Crippen LogP contribution in [0.4, 0.5) is 11.4 Å². The number of nitrogens with two attached hydrogens (primary N) is 1. The highest BCUT2D eigenvalue weighted by Crippen LogP contribution is 2.45. The lowest BCUT2D eigenvalue weighted by molar-refractivity contribution is 0.0600. The van der Waals surface area contributed by atoms with Crippen LogP contribution in [0.2, 0.25) is 5.02 Å². The predicted octanol–water partition coefficient (Wildman–Crippen LogP) is 4.42. The minimum atomic E-state index is -3.82. The molecule has 0 radical (unpaired) electrons. The van der Waals surface area contributed by atoms with Crippen LogP contribution >= 0.6 is 11.6 Å². The number of piperazine rings is 1. The van der Waals surface area contributed by atoms with E-state index in [-0.39, 0.29) is 22.0 Å². The number of carbonyl (C=O) groups is 1. The molecule has 1 saturated heterocycles. The molecule has 3 aromatic rings. The smallest absolute Gasteiger partial charge is 0.337 e. The maximum absolute atomic E-state index is 13.4. The summed E-state index contributed by atoms with van der Waals surface area (Å²) in [6.45, 7) is 5.75. The van der Waals surface area contributed by atoms with Crippen molar-refractivity contribution in [3.63, 3.8) is 0 Å². The predicted molar refractivity (Wildman–Crippen MR) is 143 cm³/mol. The number of halogens is 1. The van der Waals surface area contributed by atoms with E-state index < -0.39 is 15.8 Å². The zero-order valence-corrected chi connectivity index (χ0v) is 22.2. The standard InChI is InChI=1S/C27H28ClN3O5S/c1-17-10-19(27(32)35-2)13-24-25(17)36-26-20(16-37(24,33)34)12-22(14-23(26)28)31-8-6-30(7-9-31)15-18-4-3-5-21(29)11-18/h3-5,10-14H,6-9,15-16,29H2,1-2H3. The van der Waals surface area contributed by atoms with Crippen LogP contribution in [0.5, 0.6) is 11.5 Å². The zero-order chi connectivity index (χ0) is 26.3. The average Bonchev–Trinajstić information content (AvgIpc) is 2.97. The number of methoxy groups -OCH3 is 1. The van der Waals surface area contributed by atoms with Gasteiger partial charge in [-0.3, -0.25) is 4.90 Å². The maximum Gasteiger partial charge on any atom is 0.337 e. The van der Waals surface area contributed by atoms with Gasteiger partial charge >= 0.3 is 5.97 Å². The summed E-state index contributed by atoms with van der Waals surface area (Å²) in [6.07, 6.45) is 0. The molecule has 2 heterocycles. The SMILES string of the molecule is COC(=O)c1cc(C)c2c(c1)S(=O)(=O)Cc1cc(N3CCN(Cc4cccc(N)c4)CC3)cc(Cl)c1O2. The second-order valence-electron chi connectivity index (χ2n) is 9.40. The molecule has 2 aliphatic heterocycles. The molecule has 8 nitrogen and oxygen atoms in total. The Bertz CT molecular complexity index is 1480. The number of sulfone groups is 1. The normalized spacial score (nSPS) is 16.8. The molecule has 5 rings (SSSR count). The third-order valence-corrected chi connectivity index (χ3v) is 8.69. The summed E-state index contributed by atoms with van der Waals surface area (Å²) in [5.74, 6) is -0.404. The summed E-state index contributed by atoms with van der Waals surface area (Å²) in [6, 6.07) is 14.4. The number of fused-ring (bicyclic) bond motifs is 2. The number of nitrogen functional groups attached to an aromatic ring is 1. The Labute approximate surface area is 221 Å². The molecule has 10 heteroatoms. The van der Waals surface area contributed by atoms with Gasteiger partial charge in [0.2, 0.25) is 0 Å². The van der Waals surface area contributed by atoms with Crippen molar-refractivity contribution in [3.8, 4) is 11.5 Å². The number of rotatable bonds is 4. The Kier molecular flexibility index (Phi) is 6.78. The first kappa shape index (κ1) is 25.4. The number of ether oxygens (including phenoxy) is 2. The number of aryl methyl sites for hydroxylation is 1. The highest BCUT2D eigenvalue weighted by atomic mass is 35.5. The molecule has 0 aromatic heterocycles. The van der Waals surface area contributed by atoms with E-state index in [9.17, 15) is 13.2 Å². The molecule has 3 aromatic carbocycles. The third-order valence-electron chi connectivity index (χ3n) is 6.75. The molecule has 0 spiro atoms. The molecular weight excluding hydrogens is 514 g/mol. The van der Waals surface area contributed by atoms with Gasteiger partial charge in [-0.25, -0.2) is 13.2 Å². The molecule has 0 saturated carbocycles. The van der Waals surface area contributed by atoms with E-state index in [1.54, 1.807) is 13.0 Å². The third kappa shape index (κ3) is 5.12. The number of carbonyl (C=O) groups excluding carboxylic acids is 1. The molecule has 37 heavy (non-hydrogen) atoms. The lowest BCUT2D eigenvalue weighted by Gasteiger charge is -2.36. The maximum atomic E-state index is 13.4. The van der Waals surface area contributed by atoms with Gasteiger partial charge in [0.05, 0.1) is 23.4 Å². The van der Waals surface area contributed by atoms with Crippen molar-refractivity contribution in [3.05, 3.63) is 75.8 Å². The summed E-state index contributed by atoms with van der Waals surface area (Å²) in [7, 11) is -2.57. The number of hydrogen-bond donors (Lipinski definition) is 1. The summed E-state index contributed by atoms with van der Waals surface area (Å²) >= 11 is 6.66. The van der Waals surface area contributed by atoms with Crippen LogP contribution in [0.1, 0.15) is 27.0 Å². The van der Waals surface area contributed by atoms with E-state index in [0.29, 0.717) is 21.9 Å². The monoisotopic (exact) mass is 541 g/mol. The average molecular weight is 542 g/mol. The Morgan fingerprint density at radius 1 is 1.08 bits per heavy atom. The van der Waals surface area contributed by atoms with E-state index in [4.69, 9.17) is 26.8 Å². The number of benzene rings is 3. The topological polar surface area (TPSA) is 102 Å². The van der Waals surface area contributed by atoms with Crippen LogP contribution in [-0.4, -0.2) is 52.6 Å². The molecule has 2 aliphatic rings. The summed E-state index contributed by atoms with van der Waals surface area (Å²) in [5, 5.41) is 0.342. The van der Waals surface area contributed by atoms with Gasteiger partial charge in [0.1, 0.15) is 16.4 Å². The van der Waals surface area contributed by atoms with Crippen molar-refractivity contribution >= 4 is 38.8 Å². The fourth-order valence-corrected chi connectivity index (χ4v) is 6.72. The van der Waals surface area contributed by atoms with Crippen molar-refractivity contribution < 1.29 is 22.7 Å². The van der Waals surface area contributed by atoms with Gasteiger partial charge in [-0.1, -0.05) is 23.7 Å². The fourth-order valence-electron chi connectivity index (χ4n) is 4.88. The number of esters is 1. The van der Waals surface area contributed by atoms with Crippen LogP contribution in [0.3, 0.4) is 0 Å². The quantitative estimate of drug-likeness (QED) is 0.382. The Hall–Kier alpha value is -3.27. The van der Waals surface area contributed by atoms with Crippen molar-refractivity contribution in [1.29, 1.82) is 0 Å². The van der Waals surface area contributed by atoms with E-state index in [1.807, 2.05) is 30.3 Å². The van der Waals surface area contributed by atoms with Crippen LogP contribution in [0.15, 0.2) is 53.4 Å². The molecule has 0 amide bonds. The molecule has 194 valence electrons. The highest BCUT2D eigenvalue weighted by molar-refractivity contribution is 7.90. The van der Waals surface area contributed by atoms with Crippen molar-refractivity contribution in [1.82, 2.24) is 4.90 Å². The summed E-state index contributed by atoms with van der Waals surface area (Å²) < 4.78 is 37.7. The van der Waals surface area contributed by atoms with Crippen LogP contribution < -0.4 is 15.4 Å². The van der Waals surface area contributed by atoms with Crippen molar-refractivity contribution in [2.24, 2.45) is 0 Å². The van der Waals surface area contributed by atoms with E-state index >= 15 is 0 Å². The second kappa shape index (κ2) is 9.89. The van der Waals surface area contributed by atoms with Gasteiger partial charge in [-0.15, -0.1) is 0 Å². The lowest BCUT2D eigenvalue weighted by Crippen LogP contribution is -2.46. The van der Waals surface area contributed by atoms with Crippen molar-refractivity contribution in [2.45, 2.75) is 24.1 Å². The zero-order valence-electron chi connectivity index (χ0n) is 20.7. The number of nitrogens with zero attached hydrogens (tertiary/aromatic N) is 2. The van der Waals surface area contributed by atoms with Gasteiger partial charge in [0, 0.05) is 49.7 Å². The summed E-state index contributed by atoms with van der Waals surface area (Å²) in [5.41, 5.74) is 9.84. The molecule has 2 N–H and O–H groups in total.